The van der Waals surface area contributed by atoms with E-state index in [4.69, 9.17) is 4.99 Å². The van der Waals surface area contributed by atoms with Crippen molar-refractivity contribution >= 4 is 56.5 Å². The number of amides is 1. The van der Waals surface area contributed by atoms with Crippen molar-refractivity contribution in [2.24, 2.45) is 10.1 Å². The number of hydrogen-bond acceptors (Lipinski definition) is 6. The van der Waals surface area contributed by atoms with Crippen LogP contribution in [0, 0.1) is 0 Å². The second kappa shape index (κ2) is 11.0. The first-order valence-corrected chi connectivity index (χ1v) is 14.1. The Morgan fingerprint density at radius 2 is 1.81 bits per heavy atom. The van der Waals surface area contributed by atoms with Crippen LogP contribution < -0.4 is 4.74 Å². The fourth-order valence-corrected chi connectivity index (χ4v) is 5.59. The molecular formula is C31H24F3N5O2S. The minimum absolute atomic E-state index is 0.136. The van der Waals surface area contributed by atoms with Gasteiger partial charge in [-0.3, -0.25) is 9.36 Å². The van der Waals surface area contributed by atoms with E-state index in [-0.39, 0.29) is 17.4 Å². The van der Waals surface area contributed by atoms with Crippen LogP contribution in [0.4, 0.5) is 18.9 Å². The molecule has 0 saturated carbocycles. The average molecular weight is 588 g/mol. The van der Waals surface area contributed by atoms with Gasteiger partial charge in [0, 0.05) is 11.1 Å². The van der Waals surface area contributed by atoms with Crippen LogP contribution in [0.25, 0.3) is 27.5 Å². The maximum absolute atomic E-state index is 12.6. The maximum atomic E-state index is 12.6. The summed E-state index contributed by atoms with van der Waals surface area (Å²) in [6, 6.07) is 23.2. The van der Waals surface area contributed by atoms with Gasteiger partial charge >= 0.3 is 6.36 Å². The standard InChI is InChI=1S/C31H24F3N5O2S/c1-19(2)24-5-3-4-6-26(24)37-30-39(28(40)17-42-30)36-16-20-7-13-25-21(15-20)8-14-27-29(25)35-18-38(27)22-9-11-23(12-10-22)41-31(32,33)34/h3-16,18-19H,17H2,1-2H3. The molecule has 1 fully saturated rings. The van der Waals surface area contributed by atoms with E-state index in [1.54, 1.807) is 29.2 Å². The van der Waals surface area contributed by atoms with E-state index in [0.717, 1.165) is 38.6 Å². The normalized spacial score (nSPS) is 15.2. The number of fused-ring (bicyclic) bond motifs is 3. The molecule has 0 bridgehead atoms. The lowest BCUT2D eigenvalue weighted by Crippen LogP contribution is -2.23. The number of alkyl halides is 3. The number of hydrazone groups is 1. The van der Waals surface area contributed by atoms with Crippen LogP contribution in [0.2, 0.25) is 0 Å². The van der Waals surface area contributed by atoms with Crippen molar-refractivity contribution in [1.82, 2.24) is 14.6 Å². The predicted octanol–water partition coefficient (Wildman–Crippen LogP) is 7.80. The number of benzene rings is 4. The Balaban J connectivity index is 1.26. The molecule has 2 heterocycles. The molecule has 1 saturated heterocycles. The molecule has 7 nitrogen and oxygen atoms in total. The number of carbonyl (C=O) groups excluding carboxylic acids is 1. The zero-order valence-corrected chi connectivity index (χ0v) is 23.4. The Bertz CT molecular complexity index is 1860. The molecule has 1 aromatic heterocycles. The molecule has 212 valence electrons. The fraction of sp³-hybridized carbons (Fsp3) is 0.161. The summed E-state index contributed by atoms with van der Waals surface area (Å²) in [6.07, 6.45) is -1.47. The molecular weight excluding hydrogens is 563 g/mol. The van der Waals surface area contributed by atoms with E-state index in [2.05, 4.69) is 28.7 Å². The van der Waals surface area contributed by atoms with Crippen molar-refractivity contribution in [3.63, 3.8) is 0 Å². The van der Waals surface area contributed by atoms with Crippen LogP contribution in [0.3, 0.4) is 0 Å². The summed E-state index contributed by atoms with van der Waals surface area (Å²) >= 11 is 1.36. The number of thioether (sulfide) groups is 1. The van der Waals surface area contributed by atoms with Gasteiger partial charge in [-0.1, -0.05) is 62.0 Å². The van der Waals surface area contributed by atoms with E-state index in [9.17, 15) is 18.0 Å². The number of rotatable bonds is 6. The van der Waals surface area contributed by atoms with E-state index in [1.165, 1.54) is 28.9 Å². The number of ether oxygens (including phenoxy) is 1. The SMILES string of the molecule is CC(C)c1ccccc1N=C1SCC(=O)N1N=Cc1ccc2c(ccc3c2ncn3-c2ccc(OC(F)(F)F)cc2)c1. The van der Waals surface area contributed by atoms with E-state index < -0.39 is 6.36 Å². The number of aliphatic imine (C=N–C) groups is 1. The zero-order chi connectivity index (χ0) is 29.4. The maximum Gasteiger partial charge on any atom is 0.573 e. The van der Waals surface area contributed by atoms with Crippen LogP contribution >= 0.6 is 11.8 Å². The van der Waals surface area contributed by atoms with Crippen molar-refractivity contribution in [3.8, 4) is 11.4 Å². The Labute approximate surface area is 243 Å². The Morgan fingerprint density at radius 3 is 2.57 bits per heavy atom. The monoisotopic (exact) mass is 587 g/mol. The topological polar surface area (TPSA) is 72.1 Å². The number of carbonyl (C=O) groups is 1. The highest BCUT2D eigenvalue weighted by Crippen LogP contribution is 2.31. The Kier molecular flexibility index (Phi) is 7.19. The number of aromatic nitrogens is 2. The van der Waals surface area contributed by atoms with E-state index >= 15 is 0 Å². The highest BCUT2D eigenvalue weighted by Gasteiger charge is 2.31. The summed E-state index contributed by atoms with van der Waals surface area (Å²) in [5.74, 6) is 0.140. The van der Waals surface area contributed by atoms with Gasteiger partial charge in [-0.2, -0.15) is 10.1 Å². The largest absolute Gasteiger partial charge is 0.573 e. The van der Waals surface area contributed by atoms with Crippen LogP contribution in [0.1, 0.15) is 30.9 Å². The van der Waals surface area contributed by atoms with Crippen LogP contribution in [0.15, 0.2) is 95.3 Å². The molecule has 0 spiro atoms. The van der Waals surface area contributed by atoms with Crippen molar-refractivity contribution in [2.75, 3.05) is 5.75 Å². The molecule has 0 unspecified atom stereocenters. The van der Waals surface area contributed by atoms with Crippen molar-refractivity contribution in [1.29, 1.82) is 0 Å². The van der Waals surface area contributed by atoms with Gasteiger partial charge in [-0.15, -0.1) is 13.2 Å². The molecule has 1 aliphatic rings. The number of halogens is 3. The molecule has 11 heteroatoms. The summed E-state index contributed by atoms with van der Waals surface area (Å²) in [4.78, 5) is 21.9. The molecule has 42 heavy (non-hydrogen) atoms. The minimum atomic E-state index is -4.75. The zero-order valence-electron chi connectivity index (χ0n) is 22.5. The van der Waals surface area contributed by atoms with Gasteiger partial charge in [0.15, 0.2) is 5.17 Å². The molecule has 6 rings (SSSR count). The lowest BCUT2D eigenvalue weighted by atomic mass is 10.0. The van der Waals surface area contributed by atoms with Gasteiger partial charge in [-0.05, 0) is 64.9 Å². The van der Waals surface area contributed by atoms with Gasteiger partial charge in [0.25, 0.3) is 5.91 Å². The third kappa shape index (κ3) is 5.60. The predicted molar refractivity (Wildman–Crippen MR) is 160 cm³/mol. The van der Waals surface area contributed by atoms with Gasteiger partial charge in [0.2, 0.25) is 0 Å². The minimum Gasteiger partial charge on any atom is -0.406 e. The first-order valence-electron chi connectivity index (χ1n) is 13.1. The number of nitrogens with zero attached hydrogens (tertiary/aromatic N) is 5. The first-order chi connectivity index (χ1) is 20.2. The highest BCUT2D eigenvalue weighted by atomic mass is 32.2. The molecule has 0 atom stereocenters. The molecule has 1 aliphatic heterocycles. The summed E-state index contributed by atoms with van der Waals surface area (Å²) in [5.41, 5.74) is 4.92. The third-order valence-electron chi connectivity index (χ3n) is 6.74. The Hall–Kier alpha value is -4.64. The van der Waals surface area contributed by atoms with Gasteiger partial charge in [-0.25, -0.2) is 9.98 Å². The van der Waals surface area contributed by atoms with Gasteiger partial charge < -0.3 is 4.74 Å². The van der Waals surface area contributed by atoms with Gasteiger partial charge in [0.05, 0.1) is 28.7 Å². The molecule has 5 aromatic rings. The quantitative estimate of drug-likeness (QED) is 0.190. The number of para-hydroxylation sites is 1. The lowest BCUT2D eigenvalue weighted by Gasteiger charge is -2.12. The lowest BCUT2D eigenvalue weighted by molar-refractivity contribution is -0.274. The van der Waals surface area contributed by atoms with E-state index in [1.807, 2.05) is 54.6 Å². The number of hydrogen-bond donors (Lipinski definition) is 0. The highest BCUT2D eigenvalue weighted by molar-refractivity contribution is 8.15. The molecule has 4 aromatic carbocycles. The molecule has 0 N–H and O–H groups in total. The second-order valence-corrected chi connectivity index (χ2v) is 10.9. The smallest absolute Gasteiger partial charge is 0.406 e. The molecule has 1 amide bonds. The van der Waals surface area contributed by atoms with Crippen molar-refractivity contribution in [3.05, 3.63) is 96.3 Å². The van der Waals surface area contributed by atoms with Crippen molar-refractivity contribution < 1.29 is 22.7 Å². The molecule has 0 aliphatic carbocycles. The third-order valence-corrected chi connectivity index (χ3v) is 7.66. The summed E-state index contributed by atoms with van der Waals surface area (Å²) in [5, 5.41) is 8.19. The number of imidazole rings is 1. The first kappa shape index (κ1) is 27.5. The summed E-state index contributed by atoms with van der Waals surface area (Å²) in [7, 11) is 0. The second-order valence-electron chi connectivity index (χ2n) is 9.92. The fourth-order valence-electron chi connectivity index (χ4n) is 4.78. The number of amidine groups is 1. The van der Waals surface area contributed by atoms with Crippen molar-refractivity contribution in [2.45, 2.75) is 26.1 Å². The molecule has 0 radical (unpaired) electrons. The van der Waals surface area contributed by atoms with Crippen LogP contribution in [-0.2, 0) is 4.79 Å². The van der Waals surface area contributed by atoms with Gasteiger partial charge in [0.1, 0.15) is 12.1 Å². The average Bonchev–Trinajstić information content (AvgIpc) is 3.55. The van der Waals surface area contributed by atoms with Crippen LogP contribution in [0.5, 0.6) is 5.75 Å². The summed E-state index contributed by atoms with van der Waals surface area (Å²) in [6.45, 7) is 4.21. The summed E-state index contributed by atoms with van der Waals surface area (Å²) < 4.78 is 43.3. The Morgan fingerprint density at radius 1 is 1.02 bits per heavy atom. The van der Waals surface area contributed by atoms with Crippen LogP contribution in [-0.4, -0.2) is 44.0 Å². The van der Waals surface area contributed by atoms with E-state index in [0.29, 0.717) is 16.8 Å².